The lowest BCUT2D eigenvalue weighted by atomic mass is 10.1. The van der Waals surface area contributed by atoms with E-state index in [1.54, 1.807) is 6.07 Å². The largest absolute Gasteiger partial charge is 0.370 e. The third-order valence-electron chi connectivity index (χ3n) is 5.03. The van der Waals surface area contributed by atoms with Crippen LogP contribution in [0.5, 0.6) is 0 Å². The fourth-order valence-electron chi connectivity index (χ4n) is 3.53. The number of nitrogens with zero attached hydrogens (tertiary/aromatic N) is 2. The number of nitrogens with one attached hydrogen (secondary N) is 1. The third-order valence-corrected chi connectivity index (χ3v) is 5.03. The Labute approximate surface area is 165 Å². The van der Waals surface area contributed by atoms with Crippen molar-refractivity contribution in [3.63, 3.8) is 0 Å². The van der Waals surface area contributed by atoms with Crippen LogP contribution >= 0.6 is 0 Å². The molecular formula is C20H29FN4O3. The first kappa shape index (κ1) is 20.7. The molecule has 8 heteroatoms. The van der Waals surface area contributed by atoms with E-state index in [2.05, 4.69) is 24.1 Å². The molecule has 3 rings (SSSR count). The summed E-state index contributed by atoms with van der Waals surface area (Å²) in [6.07, 6.45) is 2.13. The Kier molecular flexibility index (Phi) is 6.64. The number of amides is 2. The number of benzene rings is 1. The fourth-order valence-corrected chi connectivity index (χ4v) is 3.53. The second-order valence-corrected chi connectivity index (χ2v) is 7.82. The van der Waals surface area contributed by atoms with Gasteiger partial charge >= 0.3 is 0 Å². The number of halogens is 1. The number of nitrogens with two attached hydrogens (primary N) is 1. The van der Waals surface area contributed by atoms with Crippen LogP contribution in [0.2, 0.25) is 0 Å². The Hall–Kier alpha value is -2.03. The summed E-state index contributed by atoms with van der Waals surface area (Å²) >= 11 is 0. The maximum Gasteiger partial charge on any atom is 0.253 e. The van der Waals surface area contributed by atoms with Gasteiger partial charge in [-0.25, -0.2) is 4.39 Å². The second kappa shape index (κ2) is 8.98. The molecule has 1 aliphatic carbocycles. The summed E-state index contributed by atoms with van der Waals surface area (Å²) < 4.78 is 19.7. The van der Waals surface area contributed by atoms with E-state index in [4.69, 9.17) is 10.5 Å². The van der Waals surface area contributed by atoms with Gasteiger partial charge in [0.25, 0.3) is 5.91 Å². The van der Waals surface area contributed by atoms with Gasteiger partial charge in [0.05, 0.1) is 12.3 Å². The van der Waals surface area contributed by atoms with Gasteiger partial charge in [0, 0.05) is 31.4 Å². The number of carbonyl (C=O) groups excluding carboxylic acids is 2. The molecule has 1 aromatic carbocycles. The summed E-state index contributed by atoms with van der Waals surface area (Å²) in [5, 5.41) is 2.68. The zero-order valence-electron chi connectivity index (χ0n) is 16.5. The van der Waals surface area contributed by atoms with Crippen LogP contribution in [0.25, 0.3) is 0 Å². The van der Waals surface area contributed by atoms with Crippen LogP contribution in [-0.4, -0.2) is 61.6 Å². The lowest BCUT2D eigenvalue weighted by Crippen LogP contribution is -2.51. The molecule has 0 unspecified atom stereocenters. The second-order valence-electron chi connectivity index (χ2n) is 7.82. The van der Waals surface area contributed by atoms with Gasteiger partial charge < -0.3 is 20.7 Å². The van der Waals surface area contributed by atoms with Crippen LogP contribution in [-0.2, 0) is 14.3 Å². The lowest BCUT2D eigenvalue weighted by Gasteiger charge is -2.31. The fraction of sp³-hybridized carbons (Fsp3) is 0.600. The third kappa shape index (κ3) is 4.87. The molecule has 2 aliphatic rings. The molecule has 2 fully saturated rings. The van der Waals surface area contributed by atoms with E-state index in [1.807, 2.05) is 0 Å². The van der Waals surface area contributed by atoms with E-state index < -0.39 is 11.9 Å². The summed E-state index contributed by atoms with van der Waals surface area (Å²) in [6, 6.07) is 4.27. The standard InChI is InChI=1S/C20H29FN4O3/c1-13(2)11-25(14-3-4-14)18(10-22)20(27)23-17-6-5-15(9-16(17)21)24-7-8-28-12-19(24)26/h5-6,9,13-14,18H,3-4,7-8,10-12,22H2,1-2H3,(H,23,27)/t18-/m0/s1. The number of rotatable bonds is 8. The van der Waals surface area contributed by atoms with Gasteiger partial charge in [-0.05, 0) is 37.0 Å². The van der Waals surface area contributed by atoms with Crippen molar-refractivity contribution >= 4 is 23.2 Å². The molecule has 1 saturated carbocycles. The van der Waals surface area contributed by atoms with Gasteiger partial charge in [-0.15, -0.1) is 0 Å². The van der Waals surface area contributed by atoms with Crippen molar-refractivity contribution in [1.82, 2.24) is 4.90 Å². The highest BCUT2D eigenvalue weighted by atomic mass is 19.1. The Bertz CT molecular complexity index is 723. The van der Waals surface area contributed by atoms with Crippen molar-refractivity contribution in [3.05, 3.63) is 24.0 Å². The summed E-state index contributed by atoms with van der Waals surface area (Å²) in [5.74, 6) is -0.684. The van der Waals surface area contributed by atoms with Crippen LogP contribution < -0.4 is 16.0 Å². The van der Waals surface area contributed by atoms with E-state index >= 15 is 0 Å². The van der Waals surface area contributed by atoms with E-state index in [-0.39, 0.29) is 30.7 Å². The normalized spacial score (nSPS) is 18.6. The molecule has 0 aromatic heterocycles. The predicted molar refractivity (Wildman–Crippen MR) is 106 cm³/mol. The van der Waals surface area contributed by atoms with Crippen LogP contribution in [0, 0.1) is 11.7 Å². The van der Waals surface area contributed by atoms with E-state index in [1.165, 1.54) is 17.0 Å². The molecule has 154 valence electrons. The van der Waals surface area contributed by atoms with Crippen LogP contribution in [0.1, 0.15) is 26.7 Å². The van der Waals surface area contributed by atoms with E-state index in [0.717, 1.165) is 19.4 Å². The molecule has 1 aromatic rings. The maximum absolute atomic E-state index is 14.6. The first-order valence-electron chi connectivity index (χ1n) is 9.85. The number of ether oxygens (including phenoxy) is 1. The minimum atomic E-state index is -0.581. The lowest BCUT2D eigenvalue weighted by molar-refractivity contribution is -0.125. The maximum atomic E-state index is 14.6. The van der Waals surface area contributed by atoms with Gasteiger partial charge in [-0.2, -0.15) is 0 Å². The zero-order chi connectivity index (χ0) is 20.3. The van der Waals surface area contributed by atoms with Crippen LogP contribution in [0.4, 0.5) is 15.8 Å². The topological polar surface area (TPSA) is 87.9 Å². The Morgan fingerprint density at radius 1 is 1.43 bits per heavy atom. The highest BCUT2D eigenvalue weighted by molar-refractivity contribution is 5.97. The smallest absolute Gasteiger partial charge is 0.253 e. The number of carbonyl (C=O) groups is 2. The van der Waals surface area contributed by atoms with Gasteiger partial charge in [0.1, 0.15) is 18.5 Å². The monoisotopic (exact) mass is 392 g/mol. The number of hydrogen-bond donors (Lipinski definition) is 2. The molecule has 2 amide bonds. The Balaban J connectivity index is 1.71. The summed E-state index contributed by atoms with van der Waals surface area (Å²) in [4.78, 5) is 28.4. The molecule has 1 saturated heterocycles. The molecule has 0 bridgehead atoms. The molecule has 1 aliphatic heterocycles. The van der Waals surface area contributed by atoms with Crippen molar-refractivity contribution in [2.75, 3.05) is 43.1 Å². The molecule has 1 heterocycles. The van der Waals surface area contributed by atoms with Gasteiger partial charge in [0.2, 0.25) is 5.91 Å². The van der Waals surface area contributed by atoms with Crippen molar-refractivity contribution < 1.29 is 18.7 Å². The first-order chi connectivity index (χ1) is 13.4. The van der Waals surface area contributed by atoms with Crippen LogP contribution in [0.15, 0.2) is 18.2 Å². The van der Waals surface area contributed by atoms with Gasteiger partial charge in [-0.1, -0.05) is 13.8 Å². The summed E-state index contributed by atoms with van der Waals surface area (Å²) in [5.41, 5.74) is 6.44. The number of anilines is 2. The highest BCUT2D eigenvalue weighted by Gasteiger charge is 2.37. The number of hydrogen-bond acceptors (Lipinski definition) is 5. The Morgan fingerprint density at radius 2 is 2.18 bits per heavy atom. The van der Waals surface area contributed by atoms with Gasteiger partial charge in [-0.3, -0.25) is 14.5 Å². The molecule has 0 spiro atoms. The molecule has 3 N–H and O–H groups in total. The quantitative estimate of drug-likeness (QED) is 0.701. The minimum absolute atomic E-state index is 0.00879. The molecule has 28 heavy (non-hydrogen) atoms. The molecule has 1 atom stereocenters. The van der Waals surface area contributed by atoms with Crippen molar-refractivity contribution in [1.29, 1.82) is 0 Å². The average Bonchev–Trinajstić information content (AvgIpc) is 3.48. The average molecular weight is 392 g/mol. The molecular weight excluding hydrogens is 363 g/mol. The summed E-state index contributed by atoms with van der Waals surface area (Å²) in [7, 11) is 0. The van der Waals surface area contributed by atoms with E-state index in [0.29, 0.717) is 30.8 Å². The van der Waals surface area contributed by atoms with Gasteiger partial charge in [0.15, 0.2) is 0 Å². The van der Waals surface area contributed by atoms with Crippen molar-refractivity contribution in [2.45, 2.75) is 38.8 Å². The van der Waals surface area contributed by atoms with Crippen LogP contribution in [0.3, 0.4) is 0 Å². The van der Waals surface area contributed by atoms with Crippen molar-refractivity contribution in [3.8, 4) is 0 Å². The number of morpholine rings is 1. The first-order valence-corrected chi connectivity index (χ1v) is 9.85. The Morgan fingerprint density at radius 3 is 2.75 bits per heavy atom. The SMILES string of the molecule is CC(C)CN(C1CC1)[C@@H](CN)C(=O)Nc1ccc(N2CCOCC2=O)cc1F. The minimum Gasteiger partial charge on any atom is -0.370 e. The van der Waals surface area contributed by atoms with E-state index in [9.17, 15) is 14.0 Å². The zero-order valence-corrected chi connectivity index (χ0v) is 16.5. The molecule has 0 radical (unpaired) electrons. The van der Waals surface area contributed by atoms with Crippen molar-refractivity contribution in [2.24, 2.45) is 11.7 Å². The predicted octanol–water partition coefficient (Wildman–Crippen LogP) is 1.58. The highest BCUT2D eigenvalue weighted by Crippen LogP contribution is 2.30. The summed E-state index contributed by atoms with van der Waals surface area (Å²) in [6.45, 7) is 5.95. The molecule has 7 nitrogen and oxygen atoms in total.